The van der Waals surface area contributed by atoms with Gasteiger partial charge in [0.2, 0.25) is 0 Å². The lowest BCUT2D eigenvalue weighted by molar-refractivity contribution is 0.00972. The zero-order valence-electron chi connectivity index (χ0n) is 11.7. The lowest BCUT2D eigenvalue weighted by atomic mass is 9.91. The average molecular weight is 288 g/mol. The van der Waals surface area contributed by atoms with Crippen LogP contribution in [-0.2, 0) is 9.47 Å². The van der Waals surface area contributed by atoms with Gasteiger partial charge in [0, 0.05) is 6.20 Å². The first kappa shape index (κ1) is 12.6. The minimum absolute atomic E-state index is 0.337. The van der Waals surface area contributed by atoms with Crippen molar-refractivity contribution in [2.45, 2.75) is 25.4 Å². The van der Waals surface area contributed by atoms with Gasteiger partial charge in [-0.2, -0.15) is 5.10 Å². The Hall–Kier alpha value is -2.15. The highest BCUT2D eigenvalue weighted by atomic mass is 16.5. The molecule has 4 rings (SSSR count). The van der Waals surface area contributed by atoms with E-state index < -0.39 is 0 Å². The molecule has 2 aliphatic heterocycles. The molecule has 2 aromatic heterocycles. The van der Waals surface area contributed by atoms with Crippen LogP contribution in [0, 0.1) is 0 Å². The van der Waals surface area contributed by atoms with Crippen LogP contribution in [0.5, 0.6) is 0 Å². The number of carbonyl (C=O) groups is 1. The summed E-state index contributed by atoms with van der Waals surface area (Å²) < 4.78 is 12.1. The molecule has 0 spiro atoms. The second-order valence-electron chi connectivity index (χ2n) is 5.32. The second kappa shape index (κ2) is 4.70. The van der Waals surface area contributed by atoms with Gasteiger partial charge in [0.1, 0.15) is 11.4 Å². The Balaban J connectivity index is 1.72. The van der Waals surface area contributed by atoms with E-state index in [0.29, 0.717) is 29.9 Å². The molecule has 2 bridgehead atoms. The van der Waals surface area contributed by atoms with Crippen LogP contribution in [0.15, 0.2) is 18.5 Å². The van der Waals surface area contributed by atoms with Gasteiger partial charge in [0.25, 0.3) is 0 Å². The van der Waals surface area contributed by atoms with Crippen molar-refractivity contribution >= 4 is 17.4 Å². The average Bonchev–Trinajstić information content (AvgIpc) is 2.91. The van der Waals surface area contributed by atoms with Crippen LogP contribution in [0.2, 0.25) is 0 Å². The summed E-state index contributed by atoms with van der Waals surface area (Å²) in [5.74, 6) is 0.488. The Morgan fingerprint density at radius 3 is 3.00 bits per heavy atom. The fourth-order valence-corrected chi connectivity index (χ4v) is 3.07. The molecule has 0 N–H and O–H groups in total. The fourth-order valence-electron chi connectivity index (χ4n) is 3.07. The summed E-state index contributed by atoms with van der Waals surface area (Å²) in [6, 6.07) is 2.72. The van der Waals surface area contributed by atoms with Crippen molar-refractivity contribution in [1.82, 2.24) is 14.6 Å². The normalized spacial score (nSPS) is 24.0. The summed E-state index contributed by atoms with van der Waals surface area (Å²) in [6.07, 6.45) is 4.48. The number of carbonyl (C=O) groups excluding carboxylic acids is 1. The Morgan fingerprint density at radius 2 is 2.29 bits per heavy atom. The highest BCUT2D eigenvalue weighted by Crippen LogP contribution is 2.35. The van der Waals surface area contributed by atoms with Crippen LogP contribution in [0.1, 0.15) is 23.7 Å². The van der Waals surface area contributed by atoms with Crippen molar-refractivity contribution in [3.05, 3.63) is 24.0 Å². The quantitative estimate of drug-likeness (QED) is 0.781. The topological polar surface area (TPSA) is 69.0 Å². The predicted molar refractivity (Wildman–Crippen MR) is 74.4 cm³/mol. The van der Waals surface area contributed by atoms with E-state index in [0.717, 1.165) is 25.5 Å². The molecule has 7 nitrogen and oxygen atoms in total. The zero-order chi connectivity index (χ0) is 14.4. The number of morpholine rings is 1. The molecule has 2 unspecified atom stereocenters. The number of hydrogen-bond acceptors (Lipinski definition) is 6. The number of ether oxygens (including phenoxy) is 2. The number of esters is 1. The second-order valence-corrected chi connectivity index (χ2v) is 5.32. The van der Waals surface area contributed by atoms with Gasteiger partial charge in [-0.25, -0.2) is 14.3 Å². The zero-order valence-corrected chi connectivity index (χ0v) is 11.7. The van der Waals surface area contributed by atoms with E-state index >= 15 is 0 Å². The van der Waals surface area contributed by atoms with Crippen molar-refractivity contribution in [2.24, 2.45) is 0 Å². The molecule has 2 fully saturated rings. The predicted octanol–water partition coefficient (Wildman–Crippen LogP) is 0.883. The standard InChI is InChI=1S/C14H16N4O3/c1-2-21-14(19)11-6-15-17-4-3-12(16-13(11)17)18-9-5-10(18)8-20-7-9/h3-4,6,9-10H,2,5,7-8H2,1H3. The minimum atomic E-state index is -0.385. The Labute approximate surface area is 121 Å². The summed E-state index contributed by atoms with van der Waals surface area (Å²) in [4.78, 5) is 18.8. The van der Waals surface area contributed by atoms with Gasteiger partial charge in [-0.15, -0.1) is 0 Å². The van der Waals surface area contributed by atoms with Gasteiger partial charge in [-0.05, 0) is 19.4 Å². The molecule has 0 radical (unpaired) electrons. The summed E-state index contributed by atoms with van der Waals surface area (Å²) in [5.41, 5.74) is 0.942. The molecule has 2 aliphatic rings. The van der Waals surface area contributed by atoms with Crippen molar-refractivity contribution in [3.63, 3.8) is 0 Å². The highest BCUT2D eigenvalue weighted by molar-refractivity contribution is 5.95. The molecule has 0 aromatic carbocycles. The Morgan fingerprint density at radius 1 is 1.48 bits per heavy atom. The number of aromatic nitrogens is 3. The van der Waals surface area contributed by atoms with Crippen LogP contribution in [0.3, 0.4) is 0 Å². The summed E-state index contributed by atoms with van der Waals surface area (Å²) in [7, 11) is 0. The Bertz CT molecular complexity index is 685. The molecule has 0 aliphatic carbocycles. The van der Waals surface area contributed by atoms with Gasteiger partial charge in [0.15, 0.2) is 5.65 Å². The van der Waals surface area contributed by atoms with Crippen LogP contribution >= 0.6 is 0 Å². The summed E-state index contributed by atoms with van der Waals surface area (Å²) >= 11 is 0. The van der Waals surface area contributed by atoms with Gasteiger partial charge in [-0.1, -0.05) is 0 Å². The van der Waals surface area contributed by atoms with E-state index in [-0.39, 0.29) is 5.97 Å². The van der Waals surface area contributed by atoms with E-state index in [1.54, 1.807) is 11.4 Å². The molecule has 2 saturated heterocycles. The van der Waals surface area contributed by atoms with Gasteiger partial charge < -0.3 is 14.4 Å². The molecular formula is C14H16N4O3. The van der Waals surface area contributed by atoms with Crippen molar-refractivity contribution in [2.75, 3.05) is 24.7 Å². The van der Waals surface area contributed by atoms with Crippen LogP contribution in [-0.4, -0.2) is 52.5 Å². The van der Waals surface area contributed by atoms with E-state index in [9.17, 15) is 4.79 Å². The number of nitrogens with zero attached hydrogens (tertiary/aromatic N) is 4. The van der Waals surface area contributed by atoms with Gasteiger partial charge in [0.05, 0.1) is 38.1 Å². The number of hydrogen-bond donors (Lipinski definition) is 0. The maximum Gasteiger partial charge on any atom is 0.343 e. The number of rotatable bonds is 3. The smallest absolute Gasteiger partial charge is 0.343 e. The molecule has 4 heterocycles. The van der Waals surface area contributed by atoms with E-state index in [2.05, 4.69) is 15.0 Å². The van der Waals surface area contributed by atoms with Gasteiger partial charge in [-0.3, -0.25) is 0 Å². The third-order valence-corrected chi connectivity index (χ3v) is 4.07. The molecule has 2 aromatic rings. The minimum Gasteiger partial charge on any atom is -0.462 e. The molecule has 0 saturated carbocycles. The van der Waals surface area contributed by atoms with Crippen molar-refractivity contribution < 1.29 is 14.3 Å². The maximum absolute atomic E-state index is 11.9. The molecule has 0 amide bonds. The third kappa shape index (κ3) is 1.88. The van der Waals surface area contributed by atoms with Crippen molar-refractivity contribution in [3.8, 4) is 0 Å². The molecule has 2 atom stereocenters. The molecule has 7 heteroatoms. The first-order chi connectivity index (χ1) is 10.3. The van der Waals surface area contributed by atoms with E-state index in [4.69, 9.17) is 9.47 Å². The van der Waals surface area contributed by atoms with E-state index in [1.807, 2.05) is 12.3 Å². The Kier molecular flexibility index (Phi) is 2.81. The summed E-state index contributed by atoms with van der Waals surface area (Å²) in [5, 5.41) is 4.15. The summed E-state index contributed by atoms with van der Waals surface area (Å²) in [6.45, 7) is 3.61. The van der Waals surface area contributed by atoms with E-state index in [1.165, 1.54) is 6.20 Å². The number of anilines is 1. The lowest BCUT2D eigenvalue weighted by Gasteiger charge is -2.53. The SMILES string of the molecule is CCOC(=O)c1cnn2ccc(N3C4COCC3C4)nc12. The molecule has 21 heavy (non-hydrogen) atoms. The number of fused-ring (bicyclic) bond motifs is 3. The fraction of sp³-hybridized carbons (Fsp3) is 0.500. The first-order valence-corrected chi connectivity index (χ1v) is 7.15. The molecular weight excluding hydrogens is 272 g/mol. The maximum atomic E-state index is 11.9. The van der Waals surface area contributed by atoms with Crippen LogP contribution < -0.4 is 4.90 Å². The first-order valence-electron chi connectivity index (χ1n) is 7.15. The van der Waals surface area contributed by atoms with Gasteiger partial charge >= 0.3 is 5.97 Å². The van der Waals surface area contributed by atoms with Crippen LogP contribution in [0.25, 0.3) is 5.65 Å². The van der Waals surface area contributed by atoms with Crippen LogP contribution in [0.4, 0.5) is 5.82 Å². The molecule has 110 valence electrons. The van der Waals surface area contributed by atoms with Crippen molar-refractivity contribution in [1.29, 1.82) is 0 Å². The monoisotopic (exact) mass is 288 g/mol. The highest BCUT2D eigenvalue weighted by Gasteiger charge is 2.43. The third-order valence-electron chi connectivity index (χ3n) is 4.07. The largest absolute Gasteiger partial charge is 0.462 e. The lowest BCUT2D eigenvalue weighted by Crippen LogP contribution is -2.64.